The fraction of sp³-hybridized carbons (Fsp3) is 0.556. The van der Waals surface area contributed by atoms with Crippen molar-refractivity contribution in [1.82, 2.24) is 16.0 Å². The van der Waals surface area contributed by atoms with Crippen molar-refractivity contribution in [3.05, 3.63) is 12.3 Å². The lowest BCUT2D eigenvalue weighted by Gasteiger charge is -2.09. The maximum absolute atomic E-state index is 11.0. The van der Waals surface area contributed by atoms with E-state index in [9.17, 15) is 9.59 Å². The van der Waals surface area contributed by atoms with Gasteiger partial charge in [-0.2, -0.15) is 0 Å². The second-order valence-electron chi connectivity index (χ2n) is 2.97. The molecule has 0 spiro atoms. The number of nitrogens with one attached hydrogen (secondary N) is 3. The first-order valence-corrected chi connectivity index (χ1v) is 4.38. The van der Waals surface area contributed by atoms with Crippen molar-refractivity contribution in [3.63, 3.8) is 0 Å². The predicted octanol–water partition coefficient (Wildman–Crippen LogP) is -0.986. The number of hydrogen-bond donors (Lipinski definition) is 3. The van der Waals surface area contributed by atoms with Gasteiger partial charge in [0, 0.05) is 5.70 Å². The normalized spacial score (nSPS) is 9.29. The first-order valence-electron chi connectivity index (χ1n) is 4.38. The summed E-state index contributed by atoms with van der Waals surface area (Å²) in [6.07, 6.45) is 0. The molecule has 3 N–H and O–H groups in total. The summed E-state index contributed by atoms with van der Waals surface area (Å²) >= 11 is 0. The molecule has 0 heterocycles. The van der Waals surface area contributed by atoms with Gasteiger partial charge in [0.05, 0.1) is 19.6 Å². The van der Waals surface area contributed by atoms with Crippen LogP contribution in [0.1, 0.15) is 6.92 Å². The maximum atomic E-state index is 11.0. The zero-order valence-electron chi connectivity index (χ0n) is 8.64. The summed E-state index contributed by atoms with van der Waals surface area (Å²) in [6.45, 7) is 6.02. The smallest absolute Gasteiger partial charge is 0.234 e. The Balaban J connectivity index is 3.53. The van der Waals surface area contributed by atoms with Crippen LogP contribution in [0.5, 0.6) is 0 Å². The molecule has 0 aliphatic heterocycles. The standard InChI is InChI=1S/C9H17N3O2/c1-7(11-5-8(2)13)4-12-9(14)6-10-3/h10-11H,1,4-6H2,2-3H3,(H,12,14). The molecule has 0 aromatic carbocycles. The van der Waals surface area contributed by atoms with E-state index in [0.717, 1.165) is 0 Å². The minimum absolute atomic E-state index is 0.0349. The van der Waals surface area contributed by atoms with Gasteiger partial charge in [-0.05, 0) is 14.0 Å². The van der Waals surface area contributed by atoms with Crippen LogP contribution in [0.2, 0.25) is 0 Å². The average Bonchev–Trinajstić information content (AvgIpc) is 2.12. The number of rotatable bonds is 7. The summed E-state index contributed by atoms with van der Waals surface area (Å²) < 4.78 is 0. The highest BCUT2D eigenvalue weighted by molar-refractivity contribution is 5.78. The van der Waals surface area contributed by atoms with Gasteiger partial charge in [0.1, 0.15) is 5.78 Å². The molecule has 0 saturated heterocycles. The second-order valence-corrected chi connectivity index (χ2v) is 2.97. The third kappa shape index (κ3) is 7.30. The molecule has 5 nitrogen and oxygen atoms in total. The topological polar surface area (TPSA) is 70.2 Å². The van der Waals surface area contributed by atoms with Crippen LogP contribution in [0.25, 0.3) is 0 Å². The highest BCUT2D eigenvalue weighted by atomic mass is 16.2. The third-order valence-electron chi connectivity index (χ3n) is 1.42. The number of carbonyl (C=O) groups is 2. The highest BCUT2D eigenvalue weighted by Gasteiger charge is 1.99. The van der Waals surface area contributed by atoms with Crippen molar-refractivity contribution in [2.75, 3.05) is 26.7 Å². The number of carbonyl (C=O) groups excluding carboxylic acids is 2. The van der Waals surface area contributed by atoms with E-state index in [1.807, 2.05) is 0 Å². The molecule has 0 radical (unpaired) electrons. The molecule has 0 rings (SSSR count). The Morgan fingerprint density at radius 1 is 1.14 bits per heavy atom. The Labute approximate surface area is 83.9 Å². The van der Waals surface area contributed by atoms with Gasteiger partial charge >= 0.3 is 0 Å². The van der Waals surface area contributed by atoms with Crippen LogP contribution in [0.3, 0.4) is 0 Å². The first kappa shape index (κ1) is 12.6. The van der Waals surface area contributed by atoms with Crippen LogP contribution >= 0.6 is 0 Å². The lowest BCUT2D eigenvalue weighted by molar-refractivity contribution is -0.120. The van der Waals surface area contributed by atoms with Crippen molar-refractivity contribution < 1.29 is 9.59 Å². The van der Waals surface area contributed by atoms with E-state index in [4.69, 9.17) is 0 Å². The van der Waals surface area contributed by atoms with E-state index < -0.39 is 0 Å². The lowest BCUT2D eigenvalue weighted by atomic mass is 10.4. The molecule has 0 bridgehead atoms. The number of amides is 1. The fourth-order valence-corrected chi connectivity index (χ4v) is 0.740. The number of Topliss-reactive ketones (excluding diaryl/α,β-unsaturated/α-hetero) is 1. The molecule has 80 valence electrons. The van der Waals surface area contributed by atoms with Crippen LogP contribution in [-0.4, -0.2) is 38.4 Å². The number of ketones is 1. The molecule has 1 amide bonds. The Morgan fingerprint density at radius 2 is 1.79 bits per heavy atom. The van der Waals surface area contributed by atoms with Crippen LogP contribution in [0.4, 0.5) is 0 Å². The molecule has 0 aromatic heterocycles. The van der Waals surface area contributed by atoms with Crippen LogP contribution < -0.4 is 16.0 Å². The van der Waals surface area contributed by atoms with Gasteiger partial charge in [-0.25, -0.2) is 0 Å². The first-order chi connectivity index (χ1) is 6.56. The molecule has 14 heavy (non-hydrogen) atoms. The molecule has 0 unspecified atom stereocenters. The molecular weight excluding hydrogens is 182 g/mol. The van der Waals surface area contributed by atoms with Crippen molar-refractivity contribution in [2.24, 2.45) is 0 Å². The third-order valence-corrected chi connectivity index (χ3v) is 1.42. The summed E-state index contributed by atoms with van der Waals surface area (Å²) in [4.78, 5) is 21.6. The van der Waals surface area contributed by atoms with Crippen LogP contribution in [0.15, 0.2) is 12.3 Å². The largest absolute Gasteiger partial charge is 0.380 e. The fourth-order valence-electron chi connectivity index (χ4n) is 0.740. The van der Waals surface area contributed by atoms with Crippen LogP contribution in [-0.2, 0) is 9.59 Å². The lowest BCUT2D eigenvalue weighted by Crippen LogP contribution is -2.36. The van der Waals surface area contributed by atoms with E-state index in [1.54, 1.807) is 7.05 Å². The molecule has 0 atom stereocenters. The monoisotopic (exact) mass is 199 g/mol. The minimum Gasteiger partial charge on any atom is -0.380 e. The van der Waals surface area contributed by atoms with Crippen molar-refractivity contribution in [3.8, 4) is 0 Å². The Hall–Kier alpha value is -1.36. The van der Waals surface area contributed by atoms with Gasteiger partial charge in [-0.3, -0.25) is 9.59 Å². The Morgan fingerprint density at radius 3 is 2.29 bits per heavy atom. The summed E-state index contributed by atoms with van der Waals surface area (Å²) in [6, 6.07) is 0. The van der Waals surface area contributed by atoms with E-state index >= 15 is 0 Å². The summed E-state index contributed by atoms with van der Waals surface area (Å²) in [5, 5.41) is 8.16. The Bertz CT molecular complexity index is 226. The molecule has 0 fully saturated rings. The molecular formula is C9H17N3O2. The number of hydrogen-bond acceptors (Lipinski definition) is 4. The van der Waals surface area contributed by atoms with Gasteiger partial charge in [-0.15, -0.1) is 0 Å². The van der Waals surface area contributed by atoms with Gasteiger partial charge in [-0.1, -0.05) is 6.58 Å². The predicted molar refractivity (Wildman–Crippen MR) is 54.8 cm³/mol. The van der Waals surface area contributed by atoms with E-state index in [0.29, 0.717) is 12.2 Å². The zero-order chi connectivity index (χ0) is 11.0. The van der Waals surface area contributed by atoms with E-state index in [-0.39, 0.29) is 24.8 Å². The van der Waals surface area contributed by atoms with Gasteiger partial charge in [0.25, 0.3) is 0 Å². The molecule has 0 aromatic rings. The molecule has 0 saturated carbocycles. The number of likely N-dealkylation sites (N-methyl/N-ethyl adjacent to an activating group) is 1. The quantitative estimate of drug-likeness (QED) is 0.492. The second kappa shape index (κ2) is 7.08. The van der Waals surface area contributed by atoms with Crippen molar-refractivity contribution in [2.45, 2.75) is 6.92 Å². The van der Waals surface area contributed by atoms with Crippen molar-refractivity contribution in [1.29, 1.82) is 0 Å². The SMILES string of the molecule is C=C(CNC(=O)CNC)NCC(C)=O. The molecule has 5 heteroatoms. The molecule has 0 aliphatic carbocycles. The summed E-state index contributed by atoms with van der Waals surface area (Å²) in [7, 11) is 1.70. The van der Waals surface area contributed by atoms with Gasteiger partial charge in [0.2, 0.25) is 5.91 Å². The van der Waals surface area contributed by atoms with Gasteiger partial charge in [0.15, 0.2) is 0 Å². The summed E-state index contributed by atoms with van der Waals surface area (Å²) in [5.74, 6) is -0.0639. The maximum Gasteiger partial charge on any atom is 0.234 e. The van der Waals surface area contributed by atoms with Crippen LogP contribution in [0, 0.1) is 0 Å². The van der Waals surface area contributed by atoms with E-state index in [1.165, 1.54) is 6.92 Å². The van der Waals surface area contributed by atoms with E-state index in [2.05, 4.69) is 22.5 Å². The molecule has 0 aliphatic rings. The average molecular weight is 199 g/mol. The highest BCUT2D eigenvalue weighted by Crippen LogP contribution is 1.80. The minimum atomic E-state index is -0.0988. The summed E-state index contributed by atoms with van der Waals surface area (Å²) in [5.41, 5.74) is 0.629. The van der Waals surface area contributed by atoms with Gasteiger partial charge < -0.3 is 16.0 Å². The van der Waals surface area contributed by atoms with Crippen molar-refractivity contribution >= 4 is 11.7 Å². The zero-order valence-corrected chi connectivity index (χ0v) is 8.64. The Kier molecular flexibility index (Phi) is 6.39.